The van der Waals surface area contributed by atoms with Gasteiger partial charge in [-0.1, -0.05) is 12.1 Å². The first-order valence-corrected chi connectivity index (χ1v) is 7.31. The summed E-state index contributed by atoms with van der Waals surface area (Å²) in [6, 6.07) is 6.20. The molecular weight excluding hydrogens is 310 g/mol. The maximum atomic E-state index is 4.54. The highest BCUT2D eigenvalue weighted by Gasteiger charge is 2.05. The Bertz CT molecular complexity index is 658. The molecule has 0 atom stereocenters. The van der Waals surface area contributed by atoms with Gasteiger partial charge in [0.2, 0.25) is 0 Å². The van der Waals surface area contributed by atoms with E-state index in [1.165, 1.54) is 5.56 Å². The van der Waals surface area contributed by atoms with Crippen molar-refractivity contribution in [3.63, 3.8) is 0 Å². The van der Waals surface area contributed by atoms with E-state index in [9.17, 15) is 0 Å². The van der Waals surface area contributed by atoms with E-state index < -0.39 is 0 Å². The number of thiazole rings is 1. The molecule has 0 amide bonds. The third kappa shape index (κ3) is 2.15. The molecule has 0 radical (unpaired) electrons. The molecule has 0 spiro atoms. The molecule has 3 aromatic rings. The summed E-state index contributed by atoms with van der Waals surface area (Å²) in [5.41, 5.74) is 3.38. The number of aryl methyl sites for hydroxylation is 1. The van der Waals surface area contributed by atoms with E-state index in [4.69, 9.17) is 0 Å². The number of benzene rings is 1. The molecule has 2 heterocycles. The second kappa shape index (κ2) is 4.74. The van der Waals surface area contributed by atoms with Crippen LogP contribution in [0.3, 0.4) is 0 Å². The normalized spacial score (nSPS) is 11.0. The molecule has 0 fully saturated rings. The van der Waals surface area contributed by atoms with Gasteiger partial charge in [-0.05, 0) is 34.5 Å². The number of fused-ring (bicyclic) bond motifs is 1. The van der Waals surface area contributed by atoms with Gasteiger partial charge in [0, 0.05) is 27.9 Å². The van der Waals surface area contributed by atoms with Crippen LogP contribution in [0.4, 0.5) is 5.69 Å². The minimum atomic E-state index is 0.733. The van der Waals surface area contributed by atoms with Crippen LogP contribution in [0, 0.1) is 6.92 Å². The average molecular weight is 322 g/mol. The molecule has 2 aromatic heterocycles. The number of nitrogens with zero attached hydrogens (tertiary/aromatic N) is 2. The van der Waals surface area contributed by atoms with E-state index in [1.807, 2.05) is 22.0 Å². The van der Waals surface area contributed by atoms with Crippen LogP contribution in [0.25, 0.3) is 4.96 Å². The Morgan fingerprint density at radius 3 is 3.17 bits per heavy atom. The molecule has 3 nitrogen and oxygen atoms in total. The van der Waals surface area contributed by atoms with Crippen LogP contribution in [0.15, 0.2) is 40.4 Å². The number of hydrogen-bond acceptors (Lipinski definition) is 3. The van der Waals surface area contributed by atoms with Crippen molar-refractivity contribution >= 4 is 37.9 Å². The summed E-state index contributed by atoms with van der Waals surface area (Å²) in [5.74, 6) is 0. The summed E-state index contributed by atoms with van der Waals surface area (Å²) in [6.07, 6.45) is 4.08. The van der Waals surface area contributed by atoms with Crippen LogP contribution in [0.1, 0.15) is 11.3 Å². The zero-order valence-corrected chi connectivity index (χ0v) is 12.3. The van der Waals surface area contributed by atoms with Gasteiger partial charge in [0.25, 0.3) is 0 Å². The summed E-state index contributed by atoms with van der Waals surface area (Å²) >= 11 is 5.25. The van der Waals surface area contributed by atoms with Gasteiger partial charge in [-0.25, -0.2) is 4.98 Å². The number of rotatable bonds is 3. The number of imidazole rings is 1. The zero-order chi connectivity index (χ0) is 12.5. The molecule has 0 bridgehead atoms. The Morgan fingerprint density at radius 2 is 2.33 bits per heavy atom. The van der Waals surface area contributed by atoms with Crippen molar-refractivity contribution in [2.24, 2.45) is 0 Å². The first-order chi connectivity index (χ1) is 8.74. The molecule has 0 aliphatic rings. The first kappa shape index (κ1) is 11.7. The summed E-state index contributed by atoms with van der Waals surface area (Å²) < 4.78 is 3.17. The van der Waals surface area contributed by atoms with Crippen molar-refractivity contribution in [1.82, 2.24) is 9.38 Å². The lowest BCUT2D eigenvalue weighted by Gasteiger charge is -2.08. The number of halogens is 1. The van der Waals surface area contributed by atoms with Crippen LogP contribution >= 0.6 is 27.3 Å². The molecule has 1 aromatic carbocycles. The molecule has 0 saturated heterocycles. The van der Waals surface area contributed by atoms with Crippen LogP contribution in [0.2, 0.25) is 0 Å². The van der Waals surface area contributed by atoms with Crippen LogP contribution < -0.4 is 5.32 Å². The van der Waals surface area contributed by atoms with Gasteiger partial charge in [-0.3, -0.25) is 4.40 Å². The van der Waals surface area contributed by atoms with E-state index in [-0.39, 0.29) is 0 Å². The molecule has 0 unspecified atom stereocenters. The van der Waals surface area contributed by atoms with Crippen molar-refractivity contribution in [2.45, 2.75) is 13.5 Å². The minimum Gasteiger partial charge on any atom is -0.378 e. The molecule has 3 rings (SSSR count). The van der Waals surface area contributed by atoms with Gasteiger partial charge < -0.3 is 5.32 Å². The fourth-order valence-corrected chi connectivity index (χ4v) is 2.95. The Morgan fingerprint density at radius 1 is 1.44 bits per heavy atom. The fourth-order valence-electron chi connectivity index (χ4n) is 1.83. The summed E-state index contributed by atoms with van der Waals surface area (Å²) in [5, 5.41) is 5.44. The first-order valence-electron chi connectivity index (χ1n) is 5.64. The SMILES string of the molecule is Cc1cccc(NCc2cn3ccsc3n2)c1Br. The lowest BCUT2D eigenvalue weighted by molar-refractivity contribution is 1.07. The number of hydrogen-bond donors (Lipinski definition) is 1. The molecule has 5 heteroatoms. The van der Waals surface area contributed by atoms with Crippen LogP contribution in [-0.4, -0.2) is 9.38 Å². The third-order valence-electron chi connectivity index (χ3n) is 2.79. The Hall–Kier alpha value is -1.33. The van der Waals surface area contributed by atoms with Gasteiger partial charge in [0.05, 0.1) is 12.2 Å². The standard InChI is InChI=1S/C13H12BrN3S/c1-9-3-2-4-11(12(9)14)15-7-10-8-17-5-6-18-13(17)16-10/h2-6,8,15H,7H2,1H3. The Labute approximate surface area is 118 Å². The third-order valence-corrected chi connectivity index (χ3v) is 4.62. The van der Waals surface area contributed by atoms with Gasteiger partial charge in [0.15, 0.2) is 4.96 Å². The number of nitrogens with one attached hydrogen (secondary N) is 1. The van der Waals surface area contributed by atoms with Crippen molar-refractivity contribution in [1.29, 1.82) is 0 Å². The Balaban J connectivity index is 1.78. The largest absolute Gasteiger partial charge is 0.378 e. The molecule has 1 N–H and O–H groups in total. The van der Waals surface area contributed by atoms with Gasteiger partial charge in [-0.2, -0.15) is 0 Å². The van der Waals surface area contributed by atoms with Crippen LogP contribution in [-0.2, 0) is 6.54 Å². The Kier molecular flexibility index (Phi) is 3.09. The smallest absolute Gasteiger partial charge is 0.193 e. The van der Waals surface area contributed by atoms with E-state index in [0.717, 1.165) is 27.4 Å². The number of aromatic nitrogens is 2. The molecule has 92 valence electrons. The van der Waals surface area contributed by atoms with Crippen molar-refractivity contribution in [3.8, 4) is 0 Å². The molecular formula is C13H12BrN3S. The van der Waals surface area contributed by atoms with Crippen molar-refractivity contribution in [2.75, 3.05) is 5.32 Å². The van der Waals surface area contributed by atoms with Crippen LogP contribution in [0.5, 0.6) is 0 Å². The highest BCUT2D eigenvalue weighted by atomic mass is 79.9. The monoisotopic (exact) mass is 321 g/mol. The molecule has 0 saturated carbocycles. The van der Waals surface area contributed by atoms with E-state index >= 15 is 0 Å². The highest BCUT2D eigenvalue weighted by molar-refractivity contribution is 9.10. The quantitative estimate of drug-likeness (QED) is 0.787. The fraction of sp³-hybridized carbons (Fsp3) is 0.154. The van der Waals surface area contributed by atoms with E-state index in [2.05, 4.69) is 51.5 Å². The predicted octanol–water partition coefficient (Wildman–Crippen LogP) is 4.08. The van der Waals surface area contributed by atoms with Gasteiger partial charge in [0.1, 0.15) is 0 Å². The zero-order valence-electron chi connectivity index (χ0n) is 9.85. The predicted molar refractivity (Wildman–Crippen MR) is 79.3 cm³/mol. The maximum Gasteiger partial charge on any atom is 0.193 e. The lowest BCUT2D eigenvalue weighted by atomic mass is 10.2. The highest BCUT2D eigenvalue weighted by Crippen LogP contribution is 2.26. The number of anilines is 1. The minimum absolute atomic E-state index is 0.733. The summed E-state index contributed by atoms with van der Waals surface area (Å²) in [6.45, 7) is 2.82. The molecule has 0 aliphatic heterocycles. The molecule has 18 heavy (non-hydrogen) atoms. The van der Waals surface area contributed by atoms with E-state index in [0.29, 0.717) is 0 Å². The summed E-state index contributed by atoms with van der Waals surface area (Å²) in [7, 11) is 0. The van der Waals surface area contributed by atoms with Gasteiger partial charge in [-0.15, -0.1) is 11.3 Å². The second-order valence-corrected chi connectivity index (χ2v) is 5.78. The molecule has 0 aliphatic carbocycles. The topological polar surface area (TPSA) is 29.3 Å². The summed E-state index contributed by atoms with van der Waals surface area (Å²) in [4.78, 5) is 5.58. The van der Waals surface area contributed by atoms with E-state index in [1.54, 1.807) is 11.3 Å². The average Bonchev–Trinajstić information content (AvgIpc) is 2.91. The second-order valence-electron chi connectivity index (χ2n) is 4.12. The lowest BCUT2D eigenvalue weighted by Crippen LogP contribution is -2.00. The maximum absolute atomic E-state index is 4.54. The van der Waals surface area contributed by atoms with Gasteiger partial charge >= 0.3 is 0 Å². The van der Waals surface area contributed by atoms with Crippen molar-refractivity contribution in [3.05, 3.63) is 51.7 Å². The van der Waals surface area contributed by atoms with Crippen molar-refractivity contribution < 1.29 is 0 Å².